The monoisotopic (exact) mass is 352 g/mol. The van der Waals surface area contributed by atoms with E-state index in [1.54, 1.807) is 19.5 Å². The third kappa shape index (κ3) is 3.13. The van der Waals surface area contributed by atoms with Crippen molar-refractivity contribution in [3.05, 3.63) is 42.4 Å². The molecule has 3 aromatic heterocycles. The molecular formula is C19H20N4O3. The van der Waals surface area contributed by atoms with Crippen LogP contribution in [0.1, 0.15) is 5.56 Å². The topological polar surface area (TPSA) is 80.3 Å². The Morgan fingerprint density at radius 3 is 3.00 bits per heavy atom. The molecule has 1 N–H and O–H groups in total. The molecule has 3 aromatic rings. The Kier molecular flexibility index (Phi) is 4.53. The zero-order chi connectivity index (χ0) is 17.9. The zero-order valence-corrected chi connectivity index (χ0v) is 14.6. The van der Waals surface area contributed by atoms with Gasteiger partial charge in [0.05, 0.1) is 26.7 Å². The van der Waals surface area contributed by atoms with Crippen molar-refractivity contribution in [3.8, 4) is 17.0 Å². The Hall–Kier alpha value is -2.93. The Morgan fingerprint density at radius 2 is 2.19 bits per heavy atom. The largest absolute Gasteiger partial charge is 0.481 e. The van der Waals surface area contributed by atoms with Crippen LogP contribution in [0, 0.1) is 0 Å². The van der Waals surface area contributed by atoms with E-state index in [4.69, 9.17) is 9.47 Å². The van der Waals surface area contributed by atoms with Crippen molar-refractivity contribution in [2.45, 2.75) is 6.42 Å². The summed E-state index contributed by atoms with van der Waals surface area (Å²) >= 11 is 0. The minimum atomic E-state index is 0.110. The van der Waals surface area contributed by atoms with Gasteiger partial charge in [0, 0.05) is 48.2 Å². The van der Waals surface area contributed by atoms with Crippen LogP contribution in [-0.2, 0) is 16.0 Å². The van der Waals surface area contributed by atoms with E-state index in [0.717, 1.165) is 27.7 Å². The number of hydrogen-bond donors (Lipinski definition) is 1. The van der Waals surface area contributed by atoms with Gasteiger partial charge in [-0.25, -0.2) is 9.97 Å². The second kappa shape index (κ2) is 7.13. The van der Waals surface area contributed by atoms with Gasteiger partial charge in [-0.3, -0.25) is 4.79 Å². The summed E-state index contributed by atoms with van der Waals surface area (Å²) < 4.78 is 10.7. The number of H-pyrrole nitrogens is 1. The number of morpholine rings is 1. The van der Waals surface area contributed by atoms with Crippen molar-refractivity contribution in [2.75, 3.05) is 33.4 Å². The van der Waals surface area contributed by atoms with Gasteiger partial charge in [0.15, 0.2) is 0 Å². The third-order valence-corrected chi connectivity index (χ3v) is 4.60. The number of carbonyl (C=O) groups excluding carboxylic acids is 1. The Balaban J connectivity index is 1.65. The molecule has 1 amide bonds. The van der Waals surface area contributed by atoms with Gasteiger partial charge in [0.25, 0.3) is 0 Å². The maximum absolute atomic E-state index is 12.6. The van der Waals surface area contributed by atoms with Crippen molar-refractivity contribution in [3.63, 3.8) is 0 Å². The van der Waals surface area contributed by atoms with Gasteiger partial charge in [-0.15, -0.1) is 0 Å². The molecule has 4 heterocycles. The van der Waals surface area contributed by atoms with Gasteiger partial charge in [0.2, 0.25) is 11.8 Å². The van der Waals surface area contributed by atoms with E-state index in [1.807, 2.05) is 29.3 Å². The summed E-state index contributed by atoms with van der Waals surface area (Å²) in [4.78, 5) is 26.3. The van der Waals surface area contributed by atoms with Crippen LogP contribution in [0.25, 0.3) is 22.2 Å². The highest BCUT2D eigenvalue weighted by Crippen LogP contribution is 2.30. The third-order valence-electron chi connectivity index (χ3n) is 4.60. The van der Waals surface area contributed by atoms with E-state index < -0.39 is 0 Å². The molecule has 1 fully saturated rings. The predicted molar refractivity (Wildman–Crippen MR) is 97.0 cm³/mol. The highest BCUT2D eigenvalue weighted by molar-refractivity contribution is 5.90. The van der Waals surface area contributed by atoms with Gasteiger partial charge in [-0.05, 0) is 23.8 Å². The van der Waals surface area contributed by atoms with Gasteiger partial charge in [-0.2, -0.15) is 0 Å². The Bertz CT molecular complexity index is 931. The smallest absolute Gasteiger partial charge is 0.227 e. The number of nitrogens with zero attached hydrogens (tertiary/aromatic N) is 3. The normalized spacial score (nSPS) is 14.6. The van der Waals surface area contributed by atoms with Crippen LogP contribution in [0.3, 0.4) is 0 Å². The highest BCUT2D eigenvalue weighted by atomic mass is 16.5. The molecule has 7 nitrogen and oxygen atoms in total. The van der Waals surface area contributed by atoms with E-state index in [2.05, 4.69) is 15.0 Å². The molecule has 0 atom stereocenters. The summed E-state index contributed by atoms with van der Waals surface area (Å²) in [6.45, 7) is 2.51. The first-order valence-corrected chi connectivity index (χ1v) is 8.57. The highest BCUT2D eigenvalue weighted by Gasteiger charge is 2.19. The minimum Gasteiger partial charge on any atom is -0.481 e. The molecule has 1 saturated heterocycles. The van der Waals surface area contributed by atoms with E-state index in [0.29, 0.717) is 38.6 Å². The number of hydrogen-bond acceptors (Lipinski definition) is 5. The van der Waals surface area contributed by atoms with Crippen molar-refractivity contribution in [2.24, 2.45) is 0 Å². The molecule has 4 rings (SSSR count). The number of nitrogens with one attached hydrogen (secondary N) is 1. The van der Waals surface area contributed by atoms with Crippen molar-refractivity contribution in [1.29, 1.82) is 0 Å². The van der Waals surface area contributed by atoms with Gasteiger partial charge >= 0.3 is 0 Å². The molecule has 1 aliphatic heterocycles. The van der Waals surface area contributed by atoms with Crippen molar-refractivity contribution in [1.82, 2.24) is 19.9 Å². The molecule has 0 radical (unpaired) electrons. The molecule has 0 saturated carbocycles. The van der Waals surface area contributed by atoms with Crippen LogP contribution < -0.4 is 4.74 Å². The lowest BCUT2D eigenvalue weighted by atomic mass is 10.1. The number of rotatable bonds is 4. The first-order valence-electron chi connectivity index (χ1n) is 8.57. The summed E-state index contributed by atoms with van der Waals surface area (Å²) in [5.41, 5.74) is 3.48. The van der Waals surface area contributed by atoms with Crippen LogP contribution in [0.15, 0.2) is 36.8 Å². The predicted octanol–water partition coefficient (Wildman–Crippen LogP) is 2.03. The van der Waals surface area contributed by atoms with Crippen molar-refractivity contribution < 1.29 is 14.3 Å². The average molecular weight is 352 g/mol. The molecule has 0 unspecified atom stereocenters. The number of fused-ring (bicyclic) bond motifs is 1. The number of pyridine rings is 2. The molecule has 7 heteroatoms. The van der Waals surface area contributed by atoms with Crippen LogP contribution >= 0.6 is 0 Å². The average Bonchev–Trinajstić information content (AvgIpc) is 3.10. The first kappa shape index (κ1) is 16.5. The number of ether oxygens (including phenoxy) is 2. The maximum atomic E-state index is 12.6. The summed E-state index contributed by atoms with van der Waals surface area (Å²) in [5.74, 6) is 0.661. The standard InChI is InChI=1S/C19H20N4O3/c1-25-19-15(3-2-4-20-19)13-9-16-14(12-22-18(16)21-11-13)10-17(24)23-5-7-26-8-6-23/h2-4,9,11-12H,5-8,10H2,1H3,(H,21,22). The fraction of sp³-hybridized carbons (Fsp3) is 0.316. The number of aromatic nitrogens is 3. The van der Waals surface area contributed by atoms with E-state index in [-0.39, 0.29) is 5.91 Å². The lowest BCUT2D eigenvalue weighted by Gasteiger charge is -2.26. The molecule has 0 aliphatic carbocycles. The molecule has 0 spiro atoms. The number of carbonyl (C=O) groups is 1. The SMILES string of the molecule is COc1ncccc1-c1cnc2[nH]cc(CC(=O)N3CCOCC3)c2c1. The number of aromatic amines is 1. The summed E-state index contributed by atoms with van der Waals surface area (Å²) in [5, 5.41) is 0.940. The molecule has 1 aliphatic rings. The lowest BCUT2D eigenvalue weighted by Crippen LogP contribution is -2.41. The Morgan fingerprint density at radius 1 is 1.35 bits per heavy atom. The second-order valence-electron chi connectivity index (χ2n) is 6.16. The molecular weight excluding hydrogens is 332 g/mol. The quantitative estimate of drug-likeness (QED) is 0.777. The fourth-order valence-corrected chi connectivity index (χ4v) is 3.21. The van der Waals surface area contributed by atoms with Crippen LogP contribution in [0.5, 0.6) is 5.88 Å². The summed E-state index contributed by atoms with van der Waals surface area (Å²) in [6.07, 6.45) is 5.68. The summed E-state index contributed by atoms with van der Waals surface area (Å²) in [6, 6.07) is 5.84. The first-order chi connectivity index (χ1) is 12.8. The van der Waals surface area contributed by atoms with Crippen LogP contribution in [-0.4, -0.2) is 59.2 Å². The van der Waals surface area contributed by atoms with Crippen LogP contribution in [0.4, 0.5) is 0 Å². The number of methoxy groups -OCH3 is 1. The fourth-order valence-electron chi connectivity index (χ4n) is 3.21. The number of amides is 1. The zero-order valence-electron chi connectivity index (χ0n) is 14.6. The molecule has 134 valence electrons. The summed E-state index contributed by atoms with van der Waals surface area (Å²) in [7, 11) is 1.60. The maximum Gasteiger partial charge on any atom is 0.227 e. The minimum absolute atomic E-state index is 0.110. The molecule has 0 bridgehead atoms. The van der Waals surface area contributed by atoms with Gasteiger partial charge in [0.1, 0.15) is 5.65 Å². The molecule has 26 heavy (non-hydrogen) atoms. The van der Waals surface area contributed by atoms with Gasteiger partial charge in [-0.1, -0.05) is 0 Å². The second-order valence-corrected chi connectivity index (χ2v) is 6.16. The van der Waals surface area contributed by atoms with E-state index >= 15 is 0 Å². The Labute approximate surface area is 151 Å². The van der Waals surface area contributed by atoms with E-state index in [9.17, 15) is 4.79 Å². The van der Waals surface area contributed by atoms with Gasteiger partial charge < -0.3 is 19.4 Å². The van der Waals surface area contributed by atoms with Crippen molar-refractivity contribution >= 4 is 16.9 Å². The van der Waals surface area contributed by atoms with Crippen LogP contribution in [0.2, 0.25) is 0 Å². The molecule has 0 aromatic carbocycles. The van der Waals surface area contributed by atoms with E-state index in [1.165, 1.54) is 0 Å². The lowest BCUT2D eigenvalue weighted by molar-refractivity contribution is -0.134.